The molecule has 8 heteroatoms. The maximum absolute atomic E-state index is 12.8. The number of amides is 2. The molecule has 1 fully saturated rings. The van der Waals surface area contributed by atoms with E-state index in [1.54, 1.807) is 11.8 Å². The molecule has 2 N–H and O–H groups in total. The van der Waals surface area contributed by atoms with E-state index in [2.05, 4.69) is 29.6 Å². The van der Waals surface area contributed by atoms with Crippen LogP contribution in [0.4, 0.5) is 4.79 Å². The minimum Gasteiger partial charge on any atom is -0.481 e. The molecule has 168 valence electrons. The average molecular weight is 455 g/mol. The zero-order valence-electron chi connectivity index (χ0n) is 17.8. The number of hydrogen-bond acceptors (Lipinski definition) is 5. The molecular formula is C24H26N2O5S. The third-order valence-corrected chi connectivity index (χ3v) is 6.73. The molecule has 1 aliphatic heterocycles. The Hall–Kier alpha value is -3.00. The molecule has 2 aliphatic rings. The van der Waals surface area contributed by atoms with Crippen molar-refractivity contribution in [3.8, 4) is 11.1 Å². The summed E-state index contributed by atoms with van der Waals surface area (Å²) >= 11 is 1.58. The van der Waals surface area contributed by atoms with Gasteiger partial charge in [-0.05, 0) is 40.7 Å². The van der Waals surface area contributed by atoms with Gasteiger partial charge in [0.25, 0.3) is 0 Å². The van der Waals surface area contributed by atoms with Gasteiger partial charge in [0.05, 0.1) is 5.92 Å². The summed E-state index contributed by atoms with van der Waals surface area (Å²) in [4.78, 5) is 37.9. The normalized spacial score (nSPS) is 16.0. The first-order chi connectivity index (χ1) is 15.5. The highest BCUT2D eigenvalue weighted by atomic mass is 32.2. The lowest BCUT2D eigenvalue weighted by Crippen LogP contribution is -2.58. The number of aliphatic carboxylic acids is 1. The van der Waals surface area contributed by atoms with Gasteiger partial charge >= 0.3 is 12.1 Å². The molecule has 1 aliphatic carbocycles. The summed E-state index contributed by atoms with van der Waals surface area (Å²) in [6.45, 7) is 0.528. The Balaban J connectivity index is 1.39. The van der Waals surface area contributed by atoms with E-state index in [9.17, 15) is 14.4 Å². The van der Waals surface area contributed by atoms with Crippen molar-refractivity contribution in [3.63, 3.8) is 0 Å². The molecule has 0 radical (unpaired) electrons. The van der Waals surface area contributed by atoms with E-state index in [0.717, 1.165) is 22.3 Å². The fraction of sp³-hybridized carbons (Fsp3) is 0.375. The molecule has 2 aromatic carbocycles. The number of carbonyl (C=O) groups excluding carboxylic acids is 2. The molecule has 0 aromatic heterocycles. The molecule has 0 bridgehead atoms. The summed E-state index contributed by atoms with van der Waals surface area (Å²) in [6, 6.07) is 15.5. The van der Waals surface area contributed by atoms with E-state index in [0.29, 0.717) is 12.2 Å². The fourth-order valence-electron chi connectivity index (χ4n) is 4.31. The van der Waals surface area contributed by atoms with Gasteiger partial charge in [-0.25, -0.2) is 4.79 Å². The van der Waals surface area contributed by atoms with Gasteiger partial charge in [0.2, 0.25) is 5.91 Å². The molecule has 0 spiro atoms. The van der Waals surface area contributed by atoms with E-state index in [1.807, 2.05) is 30.5 Å². The maximum Gasteiger partial charge on any atom is 0.407 e. The second-order valence-electron chi connectivity index (χ2n) is 8.08. The largest absolute Gasteiger partial charge is 0.481 e. The van der Waals surface area contributed by atoms with Crippen molar-refractivity contribution in [2.75, 3.05) is 31.7 Å². The predicted octanol–water partition coefficient (Wildman–Crippen LogP) is 3.19. The van der Waals surface area contributed by atoms with Crippen LogP contribution in [-0.4, -0.2) is 65.7 Å². The first kappa shape index (κ1) is 22.2. The minimum absolute atomic E-state index is 0.0554. The monoisotopic (exact) mass is 454 g/mol. The Bertz CT molecular complexity index is 975. The van der Waals surface area contributed by atoms with Gasteiger partial charge < -0.3 is 20.1 Å². The SMILES string of the molecule is CSCC[C@H](NC(=O)OCC1c2ccccc2-c2ccccc21)C(=O)N1CC(C(=O)O)C1. The molecule has 2 amide bonds. The number of nitrogens with one attached hydrogen (secondary N) is 1. The number of likely N-dealkylation sites (tertiary alicyclic amines) is 1. The Labute approximate surface area is 191 Å². The van der Waals surface area contributed by atoms with Crippen LogP contribution < -0.4 is 5.32 Å². The van der Waals surface area contributed by atoms with Crippen molar-refractivity contribution in [1.29, 1.82) is 0 Å². The first-order valence-corrected chi connectivity index (χ1v) is 12.0. The highest BCUT2D eigenvalue weighted by Crippen LogP contribution is 2.44. The van der Waals surface area contributed by atoms with Gasteiger partial charge in [-0.3, -0.25) is 9.59 Å². The third kappa shape index (κ3) is 4.46. The Morgan fingerprint density at radius 3 is 2.25 bits per heavy atom. The molecule has 2 aromatic rings. The summed E-state index contributed by atoms with van der Waals surface area (Å²) in [5.74, 6) is -1.06. The summed E-state index contributed by atoms with van der Waals surface area (Å²) in [5.41, 5.74) is 4.54. The zero-order valence-corrected chi connectivity index (χ0v) is 18.6. The number of ether oxygens (including phenoxy) is 1. The molecule has 0 saturated carbocycles. The van der Waals surface area contributed by atoms with Crippen LogP contribution >= 0.6 is 11.8 Å². The van der Waals surface area contributed by atoms with Crippen LogP contribution in [0.3, 0.4) is 0 Å². The third-order valence-electron chi connectivity index (χ3n) is 6.09. The maximum atomic E-state index is 12.8. The van der Waals surface area contributed by atoms with E-state index in [-0.39, 0.29) is 31.5 Å². The van der Waals surface area contributed by atoms with Gasteiger partial charge in [0.15, 0.2) is 0 Å². The van der Waals surface area contributed by atoms with Crippen LogP contribution in [0.2, 0.25) is 0 Å². The number of rotatable bonds is 8. The number of carboxylic acids is 1. The van der Waals surface area contributed by atoms with Crippen LogP contribution in [0.25, 0.3) is 11.1 Å². The molecule has 32 heavy (non-hydrogen) atoms. The second kappa shape index (κ2) is 9.65. The van der Waals surface area contributed by atoms with Crippen LogP contribution in [0, 0.1) is 5.92 Å². The van der Waals surface area contributed by atoms with Gasteiger partial charge in [0.1, 0.15) is 12.6 Å². The van der Waals surface area contributed by atoms with Gasteiger partial charge in [0, 0.05) is 19.0 Å². The molecule has 1 heterocycles. The van der Waals surface area contributed by atoms with Gasteiger partial charge in [-0.1, -0.05) is 48.5 Å². The molecule has 0 unspecified atom stereocenters. The van der Waals surface area contributed by atoms with Crippen molar-refractivity contribution < 1.29 is 24.2 Å². The summed E-state index contributed by atoms with van der Waals surface area (Å²) < 4.78 is 5.57. The van der Waals surface area contributed by atoms with Crippen LogP contribution in [0.15, 0.2) is 48.5 Å². The van der Waals surface area contributed by atoms with Gasteiger partial charge in [-0.15, -0.1) is 0 Å². The summed E-state index contributed by atoms with van der Waals surface area (Å²) in [6.07, 6.45) is 1.75. The molecule has 4 rings (SSSR count). The highest BCUT2D eigenvalue weighted by Gasteiger charge is 2.39. The lowest BCUT2D eigenvalue weighted by molar-refractivity contribution is -0.153. The van der Waals surface area contributed by atoms with E-state index in [1.165, 1.54) is 4.90 Å². The lowest BCUT2D eigenvalue weighted by Gasteiger charge is -2.38. The quantitative estimate of drug-likeness (QED) is 0.636. The van der Waals surface area contributed by atoms with Crippen LogP contribution in [0.5, 0.6) is 0 Å². The number of alkyl carbamates (subject to hydrolysis) is 1. The summed E-state index contributed by atoms with van der Waals surface area (Å²) in [7, 11) is 0. The molecular weight excluding hydrogens is 428 g/mol. The van der Waals surface area contributed by atoms with Gasteiger partial charge in [-0.2, -0.15) is 11.8 Å². The standard InChI is InChI=1S/C24H26N2O5S/c1-32-11-10-21(22(27)26-12-15(13-26)23(28)29)25-24(30)31-14-20-18-8-4-2-6-16(18)17-7-3-5-9-19(17)20/h2-9,15,20-21H,10-14H2,1H3,(H,25,30)(H,28,29)/t21-/m0/s1. The summed E-state index contributed by atoms with van der Waals surface area (Å²) in [5, 5.41) is 11.7. The number of nitrogens with zero attached hydrogens (tertiary/aromatic N) is 1. The number of fused-ring (bicyclic) bond motifs is 3. The van der Waals surface area contributed by atoms with Crippen molar-refractivity contribution in [3.05, 3.63) is 59.7 Å². The minimum atomic E-state index is -0.904. The molecule has 1 atom stereocenters. The fourth-order valence-corrected chi connectivity index (χ4v) is 4.78. The number of benzene rings is 2. The van der Waals surface area contributed by atoms with Crippen LogP contribution in [-0.2, 0) is 14.3 Å². The van der Waals surface area contributed by atoms with Crippen molar-refractivity contribution in [2.24, 2.45) is 5.92 Å². The lowest BCUT2D eigenvalue weighted by atomic mass is 9.98. The molecule has 1 saturated heterocycles. The van der Waals surface area contributed by atoms with E-state index in [4.69, 9.17) is 9.84 Å². The number of hydrogen-bond donors (Lipinski definition) is 2. The first-order valence-electron chi connectivity index (χ1n) is 10.6. The van der Waals surface area contributed by atoms with E-state index < -0.39 is 24.0 Å². The topological polar surface area (TPSA) is 95.9 Å². The smallest absolute Gasteiger partial charge is 0.407 e. The second-order valence-corrected chi connectivity index (χ2v) is 9.07. The zero-order chi connectivity index (χ0) is 22.7. The predicted molar refractivity (Wildman–Crippen MR) is 123 cm³/mol. The number of carbonyl (C=O) groups is 3. The van der Waals surface area contributed by atoms with E-state index >= 15 is 0 Å². The molecule has 7 nitrogen and oxygen atoms in total. The average Bonchev–Trinajstić information content (AvgIpc) is 3.07. The van der Waals surface area contributed by atoms with Crippen molar-refractivity contribution in [2.45, 2.75) is 18.4 Å². The number of thioether (sulfide) groups is 1. The van der Waals surface area contributed by atoms with Crippen molar-refractivity contribution >= 4 is 29.7 Å². The van der Waals surface area contributed by atoms with Crippen LogP contribution in [0.1, 0.15) is 23.5 Å². The Morgan fingerprint density at radius 2 is 1.69 bits per heavy atom. The van der Waals surface area contributed by atoms with Crippen molar-refractivity contribution in [1.82, 2.24) is 10.2 Å². The highest BCUT2D eigenvalue weighted by molar-refractivity contribution is 7.98. The number of carboxylic acid groups (broad SMARTS) is 1. The Morgan fingerprint density at radius 1 is 1.09 bits per heavy atom. The Kier molecular flexibility index (Phi) is 6.69.